The van der Waals surface area contributed by atoms with E-state index in [9.17, 15) is 19.6 Å². The van der Waals surface area contributed by atoms with Crippen LogP contribution in [0.1, 0.15) is 67.3 Å². The molecule has 0 spiro atoms. The molecule has 1 saturated heterocycles. The van der Waals surface area contributed by atoms with E-state index in [0.717, 1.165) is 29.7 Å². The lowest BCUT2D eigenvalue weighted by Gasteiger charge is -2.35. The molecule has 0 radical (unpaired) electrons. The van der Waals surface area contributed by atoms with Crippen molar-refractivity contribution in [2.45, 2.75) is 77.5 Å². The number of halogens is 1. The Labute approximate surface area is 226 Å². The molecule has 1 aliphatic carbocycles. The third kappa shape index (κ3) is 5.75. The summed E-state index contributed by atoms with van der Waals surface area (Å²) in [6, 6.07) is 8.04. The molecule has 1 amide bonds. The Balaban J connectivity index is 1.47. The van der Waals surface area contributed by atoms with Crippen LogP contribution in [-0.2, 0) is 20.7 Å². The molecule has 2 aliphatic rings. The summed E-state index contributed by atoms with van der Waals surface area (Å²) >= 11 is 1.23. The number of benzene rings is 1. The highest BCUT2D eigenvalue weighted by atomic mass is 32.1. The Bertz CT molecular complexity index is 1290. The quantitative estimate of drug-likeness (QED) is 0.395. The van der Waals surface area contributed by atoms with Crippen molar-refractivity contribution in [2.75, 3.05) is 7.11 Å². The average Bonchev–Trinajstić information content (AvgIpc) is 3.57. The van der Waals surface area contributed by atoms with Gasteiger partial charge < -0.3 is 9.47 Å². The number of likely N-dealkylation sites (tertiary alicyclic amines) is 1. The minimum atomic E-state index is -0.725. The Morgan fingerprint density at radius 1 is 1.24 bits per heavy atom. The van der Waals surface area contributed by atoms with E-state index in [4.69, 9.17) is 9.47 Å². The molecule has 7 nitrogen and oxygen atoms in total. The zero-order valence-electron chi connectivity index (χ0n) is 22.4. The molecule has 202 valence electrons. The number of Topliss-reactive ketones (excluding diaryl/α,β-unsaturated/α-hetero) is 1. The molecule has 38 heavy (non-hydrogen) atoms. The number of nitrogens with zero attached hydrogens (tertiary/aromatic N) is 2. The van der Waals surface area contributed by atoms with Crippen LogP contribution in [0.5, 0.6) is 0 Å². The number of nitriles is 1. The van der Waals surface area contributed by atoms with Crippen LogP contribution in [0.2, 0.25) is 0 Å². The van der Waals surface area contributed by atoms with Gasteiger partial charge in [-0.2, -0.15) is 5.26 Å². The average molecular weight is 541 g/mol. The van der Waals surface area contributed by atoms with Crippen molar-refractivity contribution in [2.24, 2.45) is 11.8 Å². The second-order valence-electron chi connectivity index (χ2n) is 11.2. The number of ether oxygens (including phenoxy) is 2. The van der Waals surface area contributed by atoms with E-state index < -0.39 is 35.4 Å². The first-order valence-corrected chi connectivity index (χ1v) is 13.6. The van der Waals surface area contributed by atoms with Gasteiger partial charge in [0.2, 0.25) is 0 Å². The fourth-order valence-corrected chi connectivity index (χ4v) is 6.68. The summed E-state index contributed by atoms with van der Waals surface area (Å²) in [5, 5.41) is 9.80. The van der Waals surface area contributed by atoms with Crippen molar-refractivity contribution in [3.63, 3.8) is 0 Å². The van der Waals surface area contributed by atoms with Crippen molar-refractivity contribution in [1.29, 1.82) is 5.26 Å². The number of esters is 1. The first-order valence-electron chi connectivity index (χ1n) is 12.8. The fourth-order valence-electron chi connectivity index (χ4n) is 5.60. The number of hydrogen-bond donors (Lipinski definition) is 0. The summed E-state index contributed by atoms with van der Waals surface area (Å²) in [7, 11) is 1.31. The summed E-state index contributed by atoms with van der Waals surface area (Å²) in [6.45, 7) is 7.22. The third-order valence-electron chi connectivity index (χ3n) is 7.24. The van der Waals surface area contributed by atoms with Gasteiger partial charge in [0.15, 0.2) is 5.78 Å². The number of carbonyl (C=O) groups is 3. The Morgan fingerprint density at radius 2 is 1.97 bits per heavy atom. The zero-order chi connectivity index (χ0) is 27.8. The predicted molar refractivity (Wildman–Crippen MR) is 141 cm³/mol. The Morgan fingerprint density at radius 3 is 2.61 bits per heavy atom. The molecule has 2 heterocycles. The second-order valence-corrected chi connectivity index (χ2v) is 12.2. The molecular formula is C29H33FN2O5S. The molecule has 1 aliphatic heterocycles. The van der Waals surface area contributed by atoms with Crippen molar-refractivity contribution < 1.29 is 28.2 Å². The fraction of sp³-hybridized carbons (Fsp3) is 0.517. The number of hydrogen-bond acceptors (Lipinski definition) is 7. The van der Waals surface area contributed by atoms with Gasteiger partial charge >= 0.3 is 12.1 Å². The van der Waals surface area contributed by atoms with Gasteiger partial charge in [0.1, 0.15) is 16.3 Å². The van der Waals surface area contributed by atoms with E-state index in [0.29, 0.717) is 16.0 Å². The van der Waals surface area contributed by atoms with Crippen LogP contribution in [0, 0.1) is 35.9 Å². The first kappa shape index (κ1) is 27.8. The van der Waals surface area contributed by atoms with Gasteiger partial charge in [0, 0.05) is 17.3 Å². The Hall–Kier alpha value is -3.25. The van der Waals surface area contributed by atoms with Crippen LogP contribution < -0.4 is 0 Å². The summed E-state index contributed by atoms with van der Waals surface area (Å²) in [6.07, 6.45) is 2.02. The molecule has 4 rings (SSSR count). The molecule has 1 aromatic carbocycles. The highest BCUT2D eigenvalue weighted by Crippen LogP contribution is 2.44. The largest absolute Gasteiger partial charge is 0.465 e. The van der Waals surface area contributed by atoms with Crippen LogP contribution >= 0.6 is 11.3 Å². The van der Waals surface area contributed by atoms with E-state index in [2.05, 4.69) is 6.07 Å². The number of thiophene rings is 1. The van der Waals surface area contributed by atoms with Crippen LogP contribution in [0.4, 0.5) is 9.18 Å². The number of aryl methyl sites for hydroxylation is 1. The maximum absolute atomic E-state index is 15.1. The van der Waals surface area contributed by atoms with Gasteiger partial charge in [-0.1, -0.05) is 12.1 Å². The molecule has 0 unspecified atom stereocenters. The van der Waals surface area contributed by atoms with E-state index in [-0.39, 0.29) is 30.6 Å². The molecule has 0 N–H and O–H groups in total. The van der Waals surface area contributed by atoms with Crippen LogP contribution in [-0.4, -0.2) is 47.5 Å². The number of piperidine rings is 1. The van der Waals surface area contributed by atoms with Crippen molar-refractivity contribution in [3.8, 4) is 16.5 Å². The van der Waals surface area contributed by atoms with Crippen LogP contribution in [0.25, 0.3) is 10.4 Å². The van der Waals surface area contributed by atoms with E-state index >= 15 is 4.39 Å². The number of amides is 1. The number of rotatable bonds is 7. The minimum absolute atomic E-state index is 0.0188. The maximum Gasteiger partial charge on any atom is 0.411 e. The first-order chi connectivity index (χ1) is 17.9. The van der Waals surface area contributed by atoms with Gasteiger partial charge in [-0.25, -0.2) is 14.0 Å². The molecule has 2 bridgehead atoms. The summed E-state index contributed by atoms with van der Waals surface area (Å²) < 4.78 is 25.5. The van der Waals surface area contributed by atoms with Crippen molar-refractivity contribution in [1.82, 2.24) is 4.90 Å². The molecule has 2 fully saturated rings. The maximum atomic E-state index is 15.1. The standard InChI is InChI=1S/C29H33FN2O5S/c1-16-10-24(27(34)36-5)38-26(16)20-7-6-18(22(30)14-20)11-17(15-31)12-23(33)25-19-8-9-21(13-19)32(25)28(35)37-29(2,3)4/h6-7,10,14,17,19,21,25H,8-9,11-13H2,1-5H3/t17-,19+,21-,25+/m1/s1. The lowest BCUT2D eigenvalue weighted by atomic mass is 9.87. The topological polar surface area (TPSA) is 96.7 Å². The lowest BCUT2D eigenvalue weighted by Crippen LogP contribution is -2.51. The highest BCUT2D eigenvalue weighted by molar-refractivity contribution is 7.17. The monoisotopic (exact) mass is 540 g/mol. The van der Waals surface area contributed by atoms with Crippen molar-refractivity contribution in [3.05, 3.63) is 46.1 Å². The molecule has 4 atom stereocenters. The number of ketones is 1. The molecule has 2 aromatic rings. The molecule has 1 saturated carbocycles. The van der Waals surface area contributed by atoms with E-state index in [1.165, 1.54) is 24.5 Å². The molecule has 1 aromatic heterocycles. The van der Waals surface area contributed by atoms with E-state index in [1.807, 2.05) is 6.92 Å². The number of carbonyl (C=O) groups excluding carboxylic acids is 3. The highest BCUT2D eigenvalue weighted by Gasteiger charge is 2.52. The molecule has 9 heteroatoms. The van der Waals surface area contributed by atoms with Gasteiger partial charge in [-0.3, -0.25) is 9.69 Å². The SMILES string of the molecule is COC(=O)c1cc(C)c(-c2ccc(C[C@@H](C#N)CC(=O)[C@@H]3[C@H]4CC[C@H](C4)N3C(=O)OC(C)(C)C)c(F)c2)s1. The number of methoxy groups -OCH3 is 1. The third-order valence-corrected chi connectivity index (χ3v) is 8.50. The van der Waals surface area contributed by atoms with Crippen LogP contribution in [0.3, 0.4) is 0 Å². The normalized spacial score (nSPS) is 21.2. The van der Waals surface area contributed by atoms with E-state index in [1.54, 1.807) is 43.9 Å². The van der Waals surface area contributed by atoms with Gasteiger partial charge in [-0.05, 0) is 88.1 Å². The smallest absolute Gasteiger partial charge is 0.411 e. The van der Waals surface area contributed by atoms with Gasteiger partial charge in [0.05, 0.1) is 25.1 Å². The molecular weight excluding hydrogens is 507 g/mol. The second kappa shape index (κ2) is 10.9. The van der Waals surface area contributed by atoms with Gasteiger partial charge in [-0.15, -0.1) is 11.3 Å². The van der Waals surface area contributed by atoms with Crippen molar-refractivity contribution >= 4 is 29.2 Å². The Kier molecular flexibility index (Phi) is 7.93. The zero-order valence-corrected chi connectivity index (χ0v) is 23.2. The summed E-state index contributed by atoms with van der Waals surface area (Å²) in [5.41, 5.74) is 1.13. The lowest BCUT2D eigenvalue weighted by molar-refractivity contribution is -0.126. The number of fused-ring (bicyclic) bond motifs is 2. The summed E-state index contributed by atoms with van der Waals surface area (Å²) in [5.74, 6) is -1.74. The van der Waals surface area contributed by atoms with Gasteiger partial charge in [0.25, 0.3) is 0 Å². The summed E-state index contributed by atoms with van der Waals surface area (Å²) in [4.78, 5) is 40.9. The predicted octanol–water partition coefficient (Wildman–Crippen LogP) is 6.08. The van der Waals surface area contributed by atoms with Crippen LogP contribution in [0.15, 0.2) is 24.3 Å². The minimum Gasteiger partial charge on any atom is -0.465 e.